The number of nitrogens with two attached hydrogens (primary N) is 1. The Hall–Kier alpha value is -4.30. The van der Waals surface area contributed by atoms with Crippen LogP contribution in [0.5, 0.6) is 0 Å². The summed E-state index contributed by atoms with van der Waals surface area (Å²) in [7, 11) is 1.43. The number of aromatic nitrogens is 3. The summed E-state index contributed by atoms with van der Waals surface area (Å²) in [6, 6.07) is 11.9. The van der Waals surface area contributed by atoms with Crippen LogP contribution in [-0.2, 0) is 13.2 Å². The molecule has 0 unspecified atom stereocenters. The first-order valence-corrected chi connectivity index (χ1v) is 11.9. The van der Waals surface area contributed by atoms with Crippen molar-refractivity contribution in [1.82, 2.24) is 14.5 Å². The minimum absolute atomic E-state index is 0.0411. The summed E-state index contributed by atoms with van der Waals surface area (Å²) in [4.78, 5) is 24.6. The van der Waals surface area contributed by atoms with E-state index < -0.39 is 23.1 Å². The molecule has 3 heterocycles. The van der Waals surface area contributed by atoms with E-state index in [1.807, 2.05) is 4.90 Å². The molecule has 0 bridgehead atoms. The van der Waals surface area contributed by atoms with Crippen molar-refractivity contribution in [1.29, 1.82) is 5.26 Å². The highest BCUT2D eigenvalue weighted by Gasteiger charge is 2.34. The summed E-state index contributed by atoms with van der Waals surface area (Å²) < 4.78 is 57.3. The Kier molecular flexibility index (Phi) is 6.36. The largest absolute Gasteiger partial charge is 0.417 e. The van der Waals surface area contributed by atoms with Crippen LogP contribution in [0.2, 0.25) is 0 Å². The number of aryl methyl sites for hydroxylation is 1. The maximum absolute atomic E-state index is 14.6. The lowest BCUT2D eigenvalue weighted by Crippen LogP contribution is -2.40. The molecule has 0 radical (unpaired) electrons. The van der Waals surface area contributed by atoms with Gasteiger partial charge < -0.3 is 10.6 Å². The van der Waals surface area contributed by atoms with Crippen LogP contribution in [0.15, 0.2) is 53.3 Å². The fourth-order valence-corrected chi connectivity index (χ4v) is 4.69. The molecule has 194 valence electrons. The summed E-state index contributed by atoms with van der Waals surface area (Å²) in [5.74, 6) is -0.475. The van der Waals surface area contributed by atoms with E-state index in [2.05, 4.69) is 9.97 Å². The first-order valence-electron chi connectivity index (χ1n) is 11.9. The number of halogens is 4. The first-order chi connectivity index (χ1) is 18.1. The lowest BCUT2D eigenvalue weighted by Gasteiger charge is -2.30. The third-order valence-corrected chi connectivity index (χ3v) is 6.76. The second-order valence-corrected chi connectivity index (χ2v) is 9.21. The van der Waals surface area contributed by atoms with Crippen LogP contribution in [0, 0.1) is 17.1 Å². The molecule has 11 heteroatoms. The predicted octanol–water partition coefficient (Wildman–Crippen LogP) is 4.62. The highest BCUT2D eigenvalue weighted by atomic mass is 19.4. The number of benzene rings is 2. The molecular formula is C27H22F4N6O. The topological polar surface area (TPSA) is 101 Å². The van der Waals surface area contributed by atoms with Gasteiger partial charge in [-0.3, -0.25) is 9.36 Å². The van der Waals surface area contributed by atoms with Gasteiger partial charge in [-0.05, 0) is 42.7 Å². The van der Waals surface area contributed by atoms with E-state index in [0.717, 1.165) is 12.1 Å². The third kappa shape index (κ3) is 4.48. The normalized spacial score (nSPS) is 14.6. The Bertz CT molecular complexity index is 1650. The van der Waals surface area contributed by atoms with E-state index in [1.165, 1.54) is 48.0 Å². The maximum Gasteiger partial charge on any atom is 0.417 e. The monoisotopic (exact) mass is 522 g/mol. The van der Waals surface area contributed by atoms with Crippen molar-refractivity contribution in [3.05, 3.63) is 75.8 Å². The summed E-state index contributed by atoms with van der Waals surface area (Å²) in [5.41, 5.74) is 4.47. The van der Waals surface area contributed by atoms with Crippen molar-refractivity contribution >= 4 is 17.0 Å². The van der Waals surface area contributed by atoms with Gasteiger partial charge in [0.15, 0.2) is 0 Å². The number of anilines is 1. The minimum atomic E-state index is -4.69. The Labute approximate surface area is 214 Å². The van der Waals surface area contributed by atoms with E-state index in [1.54, 1.807) is 6.07 Å². The van der Waals surface area contributed by atoms with Crippen molar-refractivity contribution in [2.45, 2.75) is 25.1 Å². The standard InChI is InChI=1S/C27H22F4N6O/c1-36-24-20(13-19(25(36)38)18-4-2-3-5-21(18)27(29,30)31)23(15-6-7-16(14-32)22(28)12-15)34-26(35-24)37-10-8-17(33)9-11-37/h2-7,12-13,17H,8-11,33H2,1H3. The van der Waals surface area contributed by atoms with Gasteiger partial charge in [0, 0.05) is 42.7 Å². The molecule has 1 fully saturated rings. The molecule has 0 saturated carbocycles. The molecule has 5 rings (SSSR count). The van der Waals surface area contributed by atoms with Gasteiger partial charge in [-0.25, -0.2) is 9.37 Å². The van der Waals surface area contributed by atoms with E-state index in [9.17, 15) is 22.4 Å². The van der Waals surface area contributed by atoms with Crippen LogP contribution in [0.1, 0.15) is 24.0 Å². The average Bonchev–Trinajstić information content (AvgIpc) is 2.90. The number of pyridine rings is 1. The number of rotatable bonds is 3. The van der Waals surface area contributed by atoms with Crippen molar-refractivity contribution < 1.29 is 17.6 Å². The average molecular weight is 523 g/mol. The van der Waals surface area contributed by atoms with Gasteiger partial charge in [-0.2, -0.15) is 23.4 Å². The molecule has 0 atom stereocenters. The van der Waals surface area contributed by atoms with Gasteiger partial charge in [0.2, 0.25) is 5.95 Å². The smallest absolute Gasteiger partial charge is 0.341 e. The van der Waals surface area contributed by atoms with Crippen molar-refractivity contribution in [2.75, 3.05) is 18.0 Å². The third-order valence-electron chi connectivity index (χ3n) is 6.76. The van der Waals surface area contributed by atoms with Gasteiger partial charge in [0.25, 0.3) is 5.56 Å². The molecule has 0 spiro atoms. The molecule has 2 N–H and O–H groups in total. The predicted molar refractivity (Wildman–Crippen MR) is 135 cm³/mol. The zero-order valence-electron chi connectivity index (χ0n) is 20.3. The number of nitrogens with zero attached hydrogens (tertiary/aromatic N) is 5. The van der Waals surface area contributed by atoms with Gasteiger partial charge in [0.1, 0.15) is 17.5 Å². The molecule has 7 nitrogen and oxygen atoms in total. The summed E-state index contributed by atoms with van der Waals surface area (Å²) in [5, 5.41) is 9.41. The van der Waals surface area contributed by atoms with Crippen LogP contribution in [-0.4, -0.2) is 33.7 Å². The Balaban J connectivity index is 1.81. The first kappa shape index (κ1) is 25.4. The Morgan fingerprint density at radius 3 is 2.42 bits per heavy atom. The fraction of sp³-hybridized carbons (Fsp3) is 0.259. The van der Waals surface area contributed by atoms with Gasteiger partial charge in [0.05, 0.1) is 16.8 Å². The van der Waals surface area contributed by atoms with Crippen molar-refractivity contribution in [2.24, 2.45) is 12.8 Å². The van der Waals surface area contributed by atoms with Crippen LogP contribution < -0.4 is 16.2 Å². The number of hydrogen-bond acceptors (Lipinski definition) is 6. The Morgan fingerprint density at radius 2 is 1.76 bits per heavy atom. The number of hydrogen-bond donors (Lipinski definition) is 1. The summed E-state index contributed by atoms with van der Waals surface area (Å²) >= 11 is 0. The number of fused-ring (bicyclic) bond motifs is 1. The second-order valence-electron chi connectivity index (χ2n) is 9.21. The zero-order valence-corrected chi connectivity index (χ0v) is 20.3. The van der Waals surface area contributed by atoms with E-state index in [4.69, 9.17) is 11.0 Å². The molecule has 1 aliphatic heterocycles. The molecule has 2 aromatic carbocycles. The summed E-state index contributed by atoms with van der Waals surface area (Å²) in [6.45, 7) is 1.14. The van der Waals surface area contributed by atoms with E-state index in [0.29, 0.717) is 31.9 Å². The van der Waals surface area contributed by atoms with Gasteiger partial charge in [-0.1, -0.05) is 24.3 Å². The van der Waals surface area contributed by atoms with Crippen molar-refractivity contribution in [3.63, 3.8) is 0 Å². The SMILES string of the molecule is Cn1c(=O)c(-c2ccccc2C(F)(F)F)cc2c(-c3ccc(C#N)c(F)c3)nc(N3CCC(N)CC3)nc21. The molecule has 0 aliphatic carbocycles. The van der Waals surface area contributed by atoms with Crippen LogP contribution in [0.3, 0.4) is 0 Å². The minimum Gasteiger partial charge on any atom is -0.341 e. The molecule has 4 aromatic rings. The zero-order chi connectivity index (χ0) is 27.2. The molecule has 1 saturated heterocycles. The molecule has 1 aliphatic rings. The second kappa shape index (κ2) is 9.54. The van der Waals surface area contributed by atoms with E-state index in [-0.39, 0.29) is 45.0 Å². The Morgan fingerprint density at radius 1 is 1.05 bits per heavy atom. The van der Waals surface area contributed by atoms with Crippen LogP contribution in [0.4, 0.5) is 23.5 Å². The number of alkyl halides is 3. The highest BCUT2D eigenvalue weighted by Crippen LogP contribution is 2.38. The molecule has 2 aromatic heterocycles. The van der Waals surface area contributed by atoms with Crippen molar-refractivity contribution in [3.8, 4) is 28.5 Å². The molecule has 0 amide bonds. The number of nitriles is 1. The lowest BCUT2D eigenvalue weighted by atomic mass is 9.98. The molecule has 38 heavy (non-hydrogen) atoms. The van der Waals surface area contributed by atoms with Crippen LogP contribution in [0.25, 0.3) is 33.4 Å². The highest BCUT2D eigenvalue weighted by molar-refractivity contribution is 5.94. The summed E-state index contributed by atoms with van der Waals surface area (Å²) in [6.07, 6.45) is -3.28. The fourth-order valence-electron chi connectivity index (χ4n) is 4.69. The van der Waals surface area contributed by atoms with Gasteiger partial charge >= 0.3 is 6.18 Å². The van der Waals surface area contributed by atoms with Crippen LogP contribution >= 0.6 is 0 Å². The lowest BCUT2D eigenvalue weighted by molar-refractivity contribution is -0.137. The molecular weight excluding hydrogens is 500 g/mol. The van der Waals surface area contributed by atoms with E-state index >= 15 is 0 Å². The number of piperidine rings is 1. The maximum atomic E-state index is 14.6. The van der Waals surface area contributed by atoms with Gasteiger partial charge in [-0.15, -0.1) is 0 Å². The quantitative estimate of drug-likeness (QED) is 0.394.